The van der Waals surface area contributed by atoms with Gasteiger partial charge in [-0.05, 0) is 24.1 Å². The van der Waals surface area contributed by atoms with Gasteiger partial charge in [0.25, 0.3) is 5.91 Å². The lowest BCUT2D eigenvalue weighted by molar-refractivity contribution is 0.0741. The average Bonchev–Trinajstić information content (AvgIpc) is 3.19. The van der Waals surface area contributed by atoms with Crippen LogP contribution in [0.15, 0.2) is 22.9 Å². The summed E-state index contributed by atoms with van der Waals surface area (Å²) < 4.78 is 0. The van der Waals surface area contributed by atoms with Crippen LogP contribution in [0.2, 0.25) is 0 Å². The second kappa shape index (κ2) is 9.44. The highest BCUT2D eigenvalue weighted by molar-refractivity contribution is 7.14. The second-order valence-electron chi connectivity index (χ2n) is 4.90. The Morgan fingerprint density at radius 1 is 1.22 bits per heavy atom. The summed E-state index contributed by atoms with van der Waals surface area (Å²) in [4.78, 5) is 21.0. The van der Waals surface area contributed by atoms with Crippen molar-refractivity contribution >= 4 is 58.4 Å². The van der Waals surface area contributed by atoms with Gasteiger partial charge in [-0.25, -0.2) is 4.98 Å². The van der Waals surface area contributed by atoms with Crippen molar-refractivity contribution in [3.05, 3.63) is 33.6 Å². The Morgan fingerprint density at radius 2 is 1.96 bits per heavy atom. The first-order valence-corrected chi connectivity index (χ1v) is 8.76. The van der Waals surface area contributed by atoms with Gasteiger partial charge in [0.15, 0.2) is 0 Å². The third kappa shape index (κ3) is 4.81. The molecule has 0 aliphatic carbocycles. The highest BCUT2D eigenvalue weighted by atomic mass is 35.5. The molecule has 3 rings (SSSR count). The molecule has 0 atom stereocenters. The number of carbonyl (C=O) groups excluding carboxylic acids is 1. The minimum atomic E-state index is 0. The van der Waals surface area contributed by atoms with Gasteiger partial charge in [-0.2, -0.15) is 0 Å². The molecule has 2 N–H and O–H groups in total. The van der Waals surface area contributed by atoms with Gasteiger partial charge in [0.05, 0.1) is 10.0 Å². The molecule has 1 aliphatic rings. The van der Waals surface area contributed by atoms with Crippen LogP contribution in [-0.4, -0.2) is 48.5 Å². The van der Waals surface area contributed by atoms with Crippen molar-refractivity contribution in [1.29, 1.82) is 0 Å². The minimum absolute atomic E-state index is 0. The number of thiazole rings is 1. The Morgan fingerprint density at radius 3 is 2.57 bits per heavy atom. The summed E-state index contributed by atoms with van der Waals surface area (Å²) in [5.74, 6) is 0.0420. The lowest BCUT2D eigenvalue weighted by atomic mass is 10.3. The summed E-state index contributed by atoms with van der Waals surface area (Å²) in [6.07, 6.45) is 0.740. The summed E-state index contributed by atoms with van der Waals surface area (Å²) in [6, 6.07) is 4.19. The van der Waals surface area contributed by atoms with Crippen molar-refractivity contribution < 1.29 is 4.79 Å². The van der Waals surface area contributed by atoms with E-state index in [1.807, 2.05) is 10.3 Å². The topological polar surface area (TPSA) is 62.5 Å². The lowest BCUT2D eigenvalue weighted by Crippen LogP contribution is -2.48. The molecule has 0 radical (unpaired) electrons. The van der Waals surface area contributed by atoms with E-state index in [1.165, 1.54) is 16.3 Å². The van der Waals surface area contributed by atoms with E-state index < -0.39 is 0 Å². The molecule has 5 nitrogen and oxygen atoms in total. The number of halogens is 2. The largest absolute Gasteiger partial charge is 0.360 e. The first kappa shape index (κ1) is 20.2. The van der Waals surface area contributed by atoms with Crippen LogP contribution in [0.1, 0.15) is 15.5 Å². The molecule has 1 saturated heterocycles. The van der Waals surface area contributed by atoms with Gasteiger partial charge in [-0.3, -0.25) is 4.79 Å². The second-order valence-corrected chi connectivity index (χ2v) is 6.76. The van der Waals surface area contributed by atoms with Gasteiger partial charge in [0.1, 0.15) is 5.69 Å². The zero-order chi connectivity index (χ0) is 14.7. The van der Waals surface area contributed by atoms with Crippen molar-refractivity contribution in [2.75, 3.05) is 37.6 Å². The number of nitrogens with two attached hydrogens (primary N) is 1. The van der Waals surface area contributed by atoms with Crippen molar-refractivity contribution in [3.8, 4) is 0 Å². The fraction of sp³-hybridized carbons (Fsp3) is 0.429. The van der Waals surface area contributed by atoms with Crippen molar-refractivity contribution in [1.82, 2.24) is 9.88 Å². The average molecular weight is 395 g/mol. The van der Waals surface area contributed by atoms with Gasteiger partial charge in [-0.1, -0.05) is 0 Å². The summed E-state index contributed by atoms with van der Waals surface area (Å²) in [7, 11) is 0. The van der Waals surface area contributed by atoms with E-state index in [9.17, 15) is 4.79 Å². The molecule has 9 heteroatoms. The van der Waals surface area contributed by atoms with Crippen LogP contribution in [0, 0.1) is 0 Å². The Balaban J connectivity index is 0.00000132. The molecule has 1 amide bonds. The van der Waals surface area contributed by atoms with Crippen LogP contribution in [0.4, 0.5) is 5.00 Å². The summed E-state index contributed by atoms with van der Waals surface area (Å²) in [5.41, 5.74) is 6.08. The predicted molar refractivity (Wildman–Crippen MR) is 102 cm³/mol. The Bertz CT molecular complexity index is 598. The Labute approximate surface area is 156 Å². The number of rotatable bonds is 4. The molecule has 3 heterocycles. The molecule has 2 aromatic rings. The van der Waals surface area contributed by atoms with Gasteiger partial charge < -0.3 is 15.5 Å². The smallest absolute Gasteiger partial charge is 0.273 e. The van der Waals surface area contributed by atoms with Crippen LogP contribution in [0.25, 0.3) is 0 Å². The van der Waals surface area contributed by atoms with E-state index in [1.54, 1.807) is 11.3 Å². The molecule has 0 spiro atoms. The molecular formula is C14H20Cl2N4OS2. The zero-order valence-corrected chi connectivity index (χ0v) is 15.8. The number of thiophene rings is 1. The first-order chi connectivity index (χ1) is 10.3. The van der Waals surface area contributed by atoms with Gasteiger partial charge in [-0.15, -0.1) is 47.5 Å². The normalized spacial score (nSPS) is 14.1. The Hall–Kier alpha value is -0.860. The number of amides is 1. The number of hydrogen-bond donors (Lipinski definition) is 1. The van der Waals surface area contributed by atoms with Gasteiger partial charge in [0.2, 0.25) is 0 Å². The minimum Gasteiger partial charge on any atom is -0.360 e. The molecule has 23 heavy (non-hydrogen) atoms. The quantitative estimate of drug-likeness (QED) is 0.864. The van der Waals surface area contributed by atoms with Gasteiger partial charge in [0, 0.05) is 38.0 Å². The molecule has 1 fully saturated rings. The fourth-order valence-corrected chi connectivity index (χ4v) is 3.96. The van der Waals surface area contributed by atoms with E-state index in [0.29, 0.717) is 12.2 Å². The number of aromatic nitrogens is 1. The zero-order valence-electron chi connectivity index (χ0n) is 12.5. The molecule has 2 aromatic heterocycles. The number of carbonyl (C=O) groups is 1. The molecule has 0 unspecified atom stereocenters. The number of anilines is 1. The summed E-state index contributed by atoms with van der Waals surface area (Å²) in [6.45, 7) is 3.83. The maximum Gasteiger partial charge on any atom is 0.273 e. The molecule has 128 valence electrons. The first-order valence-electron chi connectivity index (χ1n) is 7.00. The third-order valence-electron chi connectivity index (χ3n) is 3.51. The monoisotopic (exact) mass is 394 g/mol. The molecule has 0 aromatic carbocycles. The van der Waals surface area contributed by atoms with E-state index in [4.69, 9.17) is 5.73 Å². The van der Waals surface area contributed by atoms with Crippen molar-refractivity contribution in [2.45, 2.75) is 6.42 Å². The van der Waals surface area contributed by atoms with E-state index in [0.717, 1.165) is 37.6 Å². The summed E-state index contributed by atoms with van der Waals surface area (Å²) in [5, 5.41) is 6.15. The maximum atomic E-state index is 12.4. The lowest BCUT2D eigenvalue weighted by Gasteiger charge is -2.34. The number of hydrogen-bond acceptors (Lipinski definition) is 6. The molecule has 0 bridgehead atoms. The van der Waals surface area contributed by atoms with Crippen LogP contribution >= 0.6 is 47.5 Å². The van der Waals surface area contributed by atoms with E-state index in [-0.39, 0.29) is 30.7 Å². The standard InChI is InChI=1S/C14H18N4OS2.2ClH/c15-4-3-12-16-11(10-21-12)14(19)18-7-5-17(6-8-18)13-2-1-9-20-13;;/h1-2,9-10H,3-8,15H2;2*1H. The van der Waals surface area contributed by atoms with Crippen molar-refractivity contribution in [2.24, 2.45) is 5.73 Å². The highest BCUT2D eigenvalue weighted by Gasteiger charge is 2.24. The Kier molecular flexibility index (Phi) is 8.28. The number of piperazine rings is 1. The van der Waals surface area contributed by atoms with Crippen LogP contribution in [0.3, 0.4) is 0 Å². The maximum absolute atomic E-state index is 12.4. The van der Waals surface area contributed by atoms with E-state index >= 15 is 0 Å². The third-order valence-corrected chi connectivity index (χ3v) is 5.35. The molecular weight excluding hydrogens is 375 g/mol. The predicted octanol–water partition coefficient (Wildman–Crippen LogP) is 2.51. The fourth-order valence-electron chi connectivity index (χ4n) is 2.39. The van der Waals surface area contributed by atoms with Crippen LogP contribution in [0.5, 0.6) is 0 Å². The summed E-state index contributed by atoms with van der Waals surface area (Å²) >= 11 is 3.26. The highest BCUT2D eigenvalue weighted by Crippen LogP contribution is 2.23. The van der Waals surface area contributed by atoms with Gasteiger partial charge >= 0.3 is 0 Å². The molecule has 1 aliphatic heterocycles. The van der Waals surface area contributed by atoms with Crippen molar-refractivity contribution in [3.63, 3.8) is 0 Å². The van der Waals surface area contributed by atoms with Crippen LogP contribution < -0.4 is 10.6 Å². The number of nitrogens with zero attached hydrogens (tertiary/aromatic N) is 3. The molecule has 0 saturated carbocycles. The SMILES string of the molecule is Cl.Cl.NCCc1nc(C(=O)N2CCN(c3cccs3)CC2)cs1. The van der Waals surface area contributed by atoms with Crippen LogP contribution in [-0.2, 0) is 6.42 Å². The van der Waals surface area contributed by atoms with E-state index in [2.05, 4.69) is 27.4 Å².